The lowest BCUT2D eigenvalue weighted by Crippen LogP contribution is -2.40. The first-order valence-electron chi connectivity index (χ1n) is 4.42. The van der Waals surface area contributed by atoms with E-state index in [9.17, 15) is 13.2 Å². The molecule has 1 aromatic rings. The van der Waals surface area contributed by atoms with Crippen LogP contribution in [0.3, 0.4) is 0 Å². The van der Waals surface area contributed by atoms with Gasteiger partial charge in [0.2, 0.25) is 0 Å². The van der Waals surface area contributed by atoms with Crippen LogP contribution < -0.4 is 10.2 Å². The zero-order valence-electron chi connectivity index (χ0n) is 7.75. The van der Waals surface area contributed by atoms with Gasteiger partial charge in [0.15, 0.2) is 5.82 Å². The topological polar surface area (TPSA) is 41.0 Å². The summed E-state index contributed by atoms with van der Waals surface area (Å²) >= 11 is 0. The Morgan fingerprint density at radius 3 is 3.00 bits per heavy atom. The minimum Gasteiger partial charge on any atom is -0.366 e. The maximum absolute atomic E-state index is 12.2. The molecule has 0 aromatic carbocycles. The molecule has 0 radical (unpaired) electrons. The van der Waals surface area contributed by atoms with E-state index in [1.54, 1.807) is 0 Å². The molecule has 0 amide bonds. The lowest BCUT2D eigenvalue weighted by Gasteiger charge is -2.31. The molecule has 0 unspecified atom stereocenters. The standard InChI is InChI=1S/C8H9F3N4/c9-8(10,11)4-15-2-1-13-7-6(15)3-12-5-14-7/h3,5H,1-2,4H2,(H,12,13,14). The summed E-state index contributed by atoms with van der Waals surface area (Å²) in [6.07, 6.45) is -1.51. The largest absolute Gasteiger partial charge is 0.405 e. The Labute approximate surface area is 84.1 Å². The summed E-state index contributed by atoms with van der Waals surface area (Å²) in [6.45, 7) is -0.199. The zero-order chi connectivity index (χ0) is 10.9. The number of aromatic nitrogens is 2. The van der Waals surface area contributed by atoms with Gasteiger partial charge in [-0.25, -0.2) is 9.97 Å². The second-order valence-corrected chi connectivity index (χ2v) is 3.22. The van der Waals surface area contributed by atoms with Crippen molar-refractivity contribution in [3.8, 4) is 0 Å². The molecule has 1 aliphatic heterocycles. The summed E-state index contributed by atoms with van der Waals surface area (Å²) < 4.78 is 36.7. The van der Waals surface area contributed by atoms with Crippen LogP contribution in [0.5, 0.6) is 0 Å². The Bertz CT molecular complexity index is 352. The van der Waals surface area contributed by atoms with Crippen LogP contribution in [-0.4, -0.2) is 35.8 Å². The lowest BCUT2D eigenvalue weighted by molar-refractivity contribution is -0.119. The van der Waals surface area contributed by atoms with Crippen molar-refractivity contribution in [3.63, 3.8) is 0 Å². The fourth-order valence-electron chi connectivity index (χ4n) is 1.50. The van der Waals surface area contributed by atoms with E-state index in [-0.39, 0.29) is 0 Å². The van der Waals surface area contributed by atoms with Gasteiger partial charge in [-0.2, -0.15) is 13.2 Å². The van der Waals surface area contributed by atoms with Crippen LogP contribution in [0, 0.1) is 0 Å². The van der Waals surface area contributed by atoms with Crippen molar-refractivity contribution in [3.05, 3.63) is 12.5 Å². The van der Waals surface area contributed by atoms with Crippen LogP contribution in [-0.2, 0) is 0 Å². The zero-order valence-corrected chi connectivity index (χ0v) is 7.75. The Hall–Kier alpha value is -1.53. The first-order valence-corrected chi connectivity index (χ1v) is 4.42. The summed E-state index contributed by atoms with van der Waals surface area (Å²) in [7, 11) is 0. The van der Waals surface area contributed by atoms with Gasteiger partial charge in [-0.1, -0.05) is 0 Å². The molecule has 2 rings (SSSR count). The van der Waals surface area contributed by atoms with E-state index in [1.165, 1.54) is 17.4 Å². The van der Waals surface area contributed by atoms with Crippen LogP contribution in [0.15, 0.2) is 12.5 Å². The van der Waals surface area contributed by atoms with Crippen LogP contribution in [0.25, 0.3) is 0 Å². The Morgan fingerprint density at radius 2 is 2.27 bits per heavy atom. The SMILES string of the molecule is FC(F)(F)CN1CCNc2ncncc21. The summed E-state index contributed by atoms with van der Waals surface area (Å²) in [5.74, 6) is 0.459. The number of anilines is 2. The van der Waals surface area contributed by atoms with E-state index in [4.69, 9.17) is 0 Å². The van der Waals surface area contributed by atoms with Gasteiger partial charge in [-0.15, -0.1) is 0 Å². The van der Waals surface area contributed by atoms with Crippen molar-refractivity contribution in [1.29, 1.82) is 0 Å². The highest BCUT2D eigenvalue weighted by atomic mass is 19.4. The molecule has 0 aliphatic carbocycles. The number of nitrogens with zero attached hydrogens (tertiary/aromatic N) is 3. The van der Waals surface area contributed by atoms with Gasteiger partial charge in [0.25, 0.3) is 0 Å². The maximum Gasteiger partial charge on any atom is 0.405 e. The predicted octanol–water partition coefficient (Wildman–Crippen LogP) is 1.27. The molecule has 0 fully saturated rings. The van der Waals surface area contributed by atoms with E-state index in [0.717, 1.165) is 0 Å². The smallest absolute Gasteiger partial charge is 0.366 e. The fraction of sp³-hybridized carbons (Fsp3) is 0.500. The van der Waals surface area contributed by atoms with Crippen LogP contribution in [0.1, 0.15) is 0 Å². The van der Waals surface area contributed by atoms with Gasteiger partial charge >= 0.3 is 6.18 Å². The van der Waals surface area contributed by atoms with Crippen LogP contribution in [0.2, 0.25) is 0 Å². The van der Waals surface area contributed by atoms with E-state index >= 15 is 0 Å². The molecule has 0 saturated carbocycles. The number of fused-ring (bicyclic) bond motifs is 1. The van der Waals surface area contributed by atoms with Gasteiger partial charge < -0.3 is 10.2 Å². The van der Waals surface area contributed by atoms with E-state index < -0.39 is 12.7 Å². The van der Waals surface area contributed by atoms with E-state index in [0.29, 0.717) is 24.6 Å². The average Bonchev–Trinajstić information content (AvgIpc) is 2.16. The number of hydrogen-bond donors (Lipinski definition) is 1. The molecule has 15 heavy (non-hydrogen) atoms. The first-order chi connectivity index (χ1) is 7.06. The lowest BCUT2D eigenvalue weighted by atomic mass is 10.3. The van der Waals surface area contributed by atoms with Gasteiger partial charge in [0.1, 0.15) is 12.9 Å². The molecule has 0 bridgehead atoms. The normalized spacial score (nSPS) is 15.8. The number of hydrogen-bond acceptors (Lipinski definition) is 4. The molecular formula is C8H9F3N4. The van der Waals surface area contributed by atoms with Crippen molar-refractivity contribution >= 4 is 11.5 Å². The number of rotatable bonds is 1. The first kappa shape index (κ1) is 10.0. The molecule has 1 aliphatic rings. The third kappa shape index (κ3) is 2.28. The Morgan fingerprint density at radius 1 is 1.47 bits per heavy atom. The fourth-order valence-corrected chi connectivity index (χ4v) is 1.50. The number of nitrogens with one attached hydrogen (secondary N) is 1. The maximum atomic E-state index is 12.2. The van der Waals surface area contributed by atoms with Crippen LogP contribution >= 0.6 is 0 Å². The molecule has 1 N–H and O–H groups in total. The highest BCUT2D eigenvalue weighted by Crippen LogP contribution is 2.28. The number of alkyl halides is 3. The van der Waals surface area contributed by atoms with Crippen molar-refractivity contribution in [2.75, 3.05) is 29.9 Å². The summed E-state index contributed by atoms with van der Waals surface area (Å²) in [4.78, 5) is 8.81. The van der Waals surface area contributed by atoms with Crippen molar-refractivity contribution in [1.82, 2.24) is 9.97 Å². The van der Waals surface area contributed by atoms with Crippen molar-refractivity contribution in [2.45, 2.75) is 6.18 Å². The highest BCUT2D eigenvalue weighted by Gasteiger charge is 2.32. The molecule has 0 atom stereocenters. The van der Waals surface area contributed by atoms with Gasteiger partial charge in [-0.3, -0.25) is 0 Å². The molecular weight excluding hydrogens is 209 g/mol. The summed E-state index contributed by atoms with van der Waals surface area (Å²) in [6, 6.07) is 0. The van der Waals surface area contributed by atoms with Gasteiger partial charge in [0, 0.05) is 13.1 Å². The quantitative estimate of drug-likeness (QED) is 0.770. The molecule has 0 spiro atoms. The molecule has 4 nitrogen and oxygen atoms in total. The third-order valence-electron chi connectivity index (χ3n) is 2.08. The highest BCUT2D eigenvalue weighted by molar-refractivity contribution is 5.66. The monoisotopic (exact) mass is 218 g/mol. The summed E-state index contributed by atoms with van der Waals surface area (Å²) in [5, 5.41) is 2.92. The molecule has 1 aromatic heterocycles. The van der Waals surface area contributed by atoms with Crippen molar-refractivity contribution < 1.29 is 13.2 Å². The Balaban J connectivity index is 2.22. The predicted molar refractivity (Wildman–Crippen MR) is 48.8 cm³/mol. The molecule has 7 heteroatoms. The molecule has 2 heterocycles. The summed E-state index contributed by atoms with van der Waals surface area (Å²) in [5.41, 5.74) is 0.404. The number of halogens is 3. The minimum absolute atomic E-state index is 0.305. The minimum atomic E-state index is -4.20. The van der Waals surface area contributed by atoms with Crippen LogP contribution in [0.4, 0.5) is 24.7 Å². The van der Waals surface area contributed by atoms with E-state index in [2.05, 4.69) is 15.3 Å². The van der Waals surface area contributed by atoms with Crippen molar-refractivity contribution in [2.24, 2.45) is 0 Å². The third-order valence-corrected chi connectivity index (χ3v) is 2.08. The second kappa shape index (κ2) is 3.56. The van der Waals surface area contributed by atoms with Gasteiger partial charge in [-0.05, 0) is 0 Å². The molecule has 82 valence electrons. The van der Waals surface area contributed by atoms with Gasteiger partial charge in [0.05, 0.1) is 11.9 Å². The second-order valence-electron chi connectivity index (χ2n) is 3.22. The van der Waals surface area contributed by atoms with E-state index in [1.807, 2.05) is 0 Å². The molecule has 0 saturated heterocycles. The average molecular weight is 218 g/mol. The Kier molecular flexibility index (Phi) is 2.37.